The summed E-state index contributed by atoms with van der Waals surface area (Å²) in [4.78, 5) is 4.26. The molecule has 0 saturated carbocycles. The van der Waals surface area contributed by atoms with Gasteiger partial charge in [0.2, 0.25) is 0 Å². The van der Waals surface area contributed by atoms with E-state index in [0.717, 1.165) is 23.1 Å². The summed E-state index contributed by atoms with van der Waals surface area (Å²) in [6.45, 7) is 1.08. The summed E-state index contributed by atoms with van der Waals surface area (Å²) in [6.07, 6.45) is 2.84. The van der Waals surface area contributed by atoms with Gasteiger partial charge in [0.25, 0.3) is 0 Å². The Morgan fingerprint density at radius 2 is 2.42 bits per heavy atom. The van der Waals surface area contributed by atoms with Gasteiger partial charge in [0.1, 0.15) is 0 Å². The van der Waals surface area contributed by atoms with E-state index in [1.807, 2.05) is 6.07 Å². The third-order valence-electron chi connectivity index (χ3n) is 1.99. The molecule has 1 aliphatic heterocycles. The minimum Gasteiger partial charge on any atom is -0.308 e. The lowest BCUT2D eigenvalue weighted by Gasteiger charge is -2.27. The smallest absolute Gasteiger partial charge is 0.0716 e. The molecule has 2 heterocycles. The van der Waals surface area contributed by atoms with E-state index >= 15 is 0 Å². The topological polar surface area (TPSA) is 24.9 Å². The maximum Gasteiger partial charge on any atom is 0.0716 e. The molecule has 0 spiro atoms. The fourth-order valence-electron chi connectivity index (χ4n) is 1.20. The second kappa shape index (κ2) is 3.32. The molecule has 0 amide bonds. The maximum atomic E-state index is 5.77. The first-order valence-corrected chi connectivity index (χ1v) is 4.99. The van der Waals surface area contributed by atoms with Crippen molar-refractivity contribution in [2.24, 2.45) is 0 Å². The van der Waals surface area contributed by atoms with Crippen molar-refractivity contribution in [3.8, 4) is 0 Å². The molecule has 64 valence electrons. The van der Waals surface area contributed by atoms with E-state index in [0.29, 0.717) is 11.1 Å². The van der Waals surface area contributed by atoms with Gasteiger partial charge in [0.05, 0.1) is 16.8 Å². The fourth-order valence-corrected chi connectivity index (χ4v) is 2.12. The number of pyridine rings is 1. The highest BCUT2D eigenvalue weighted by molar-refractivity contribution is 9.10. The van der Waals surface area contributed by atoms with E-state index in [9.17, 15) is 0 Å². The Kier molecular flexibility index (Phi) is 2.35. The maximum absolute atomic E-state index is 5.77. The molecule has 1 aromatic rings. The SMILES string of the molecule is Clc1cnc(C2CCN2)c(Br)c1. The second-order valence-corrected chi connectivity index (χ2v) is 4.11. The molecule has 0 aliphatic carbocycles. The van der Waals surface area contributed by atoms with Crippen molar-refractivity contribution in [1.82, 2.24) is 10.3 Å². The molecule has 0 aromatic carbocycles. The van der Waals surface area contributed by atoms with Crippen LogP contribution in [0.4, 0.5) is 0 Å². The van der Waals surface area contributed by atoms with Gasteiger partial charge < -0.3 is 5.32 Å². The lowest BCUT2D eigenvalue weighted by molar-refractivity contribution is 0.374. The first-order valence-electron chi connectivity index (χ1n) is 3.81. The van der Waals surface area contributed by atoms with E-state index < -0.39 is 0 Å². The van der Waals surface area contributed by atoms with Crippen molar-refractivity contribution in [1.29, 1.82) is 0 Å². The predicted octanol–water partition coefficient (Wildman–Crippen LogP) is 2.53. The summed E-state index contributed by atoms with van der Waals surface area (Å²) >= 11 is 9.21. The van der Waals surface area contributed by atoms with Crippen molar-refractivity contribution in [3.63, 3.8) is 0 Å². The van der Waals surface area contributed by atoms with Crippen LogP contribution in [-0.4, -0.2) is 11.5 Å². The Morgan fingerprint density at radius 1 is 1.67 bits per heavy atom. The van der Waals surface area contributed by atoms with Gasteiger partial charge in [-0.1, -0.05) is 11.6 Å². The predicted molar refractivity (Wildman–Crippen MR) is 52.3 cm³/mol. The van der Waals surface area contributed by atoms with Crippen LogP contribution in [0, 0.1) is 0 Å². The number of hydrogen-bond acceptors (Lipinski definition) is 2. The molecular formula is C8H8BrClN2. The average molecular weight is 248 g/mol. The zero-order valence-corrected chi connectivity index (χ0v) is 8.69. The molecule has 1 fully saturated rings. The quantitative estimate of drug-likeness (QED) is 0.825. The summed E-state index contributed by atoms with van der Waals surface area (Å²) in [5.41, 5.74) is 1.06. The first-order chi connectivity index (χ1) is 5.77. The molecule has 1 aromatic heterocycles. The van der Waals surface area contributed by atoms with Crippen LogP contribution in [0.2, 0.25) is 5.02 Å². The highest BCUT2D eigenvalue weighted by atomic mass is 79.9. The summed E-state index contributed by atoms with van der Waals surface area (Å²) in [6, 6.07) is 2.29. The summed E-state index contributed by atoms with van der Waals surface area (Å²) in [7, 11) is 0. The van der Waals surface area contributed by atoms with Crippen LogP contribution in [0.15, 0.2) is 16.7 Å². The number of aromatic nitrogens is 1. The third-order valence-corrected chi connectivity index (χ3v) is 2.83. The first kappa shape index (κ1) is 8.48. The molecule has 2 nitrogen and oxygen atoms in total. The van der Waals surface area contributed by atoms with E-state index in [2.05, 4.69) is 26.2 Å². The standard InChI is InChI=1S/C8H8BrClN2/c9-6-3-5(10)4-12-8(6)7-1-2-11-7/h3-4,7,11H,1-2H2. The van der Waals surface area contributed by atoms with Crippen molar-refractivity contribution >= 4 is 27.5 Å². The number of halogens is 2. The summed E-state index contributed by atoms with van der Waals surface area (Å²) in [5, 5.41) is 3.96. The molecule has 0 radical (unpaired) electrons. The van der Waals surface area contributed by atoms with Crippen LogP contribution >= 0.6 is 27.5 Å². The van der Waals surface area contributed by atoms with Gasteiger partial charge in [-0.2, -0.15) is 0 Å². The highest BCUT2D eigenvalue weighted by Gasteiger charge is 2.21. The second-order valence-electron chi connectivity index (χ2n) is 2.82. The van der Waals surface area contributed by atoms with E-state index in [1.165, 1.54) is 0 Å². The number of rotatable bonds is 1. The molecule has 1 N–H and O–H groups in total. The van der Waals surface area contributed by atoms with E-state index in [-0.39, 0.29) is 0 Å². The van der Waals surface area contributed by atoms with Gasteiger partial charge in [-0.25, -0.2) is 0 Å². The van der Waals surface area contributed by atoms with Gasteiger partial charge >= 0.3 is 0 Å². The molecule has 1 atom stereocenters. The lowest BCUT2D eigenvalue weighted by Crippen LogP contribution is -2.35. The van der Waals surface area contributed by atoms with Crippen LogP contribution in [0.25, 0.3) is 0 Å². The number of nitrogens with one attached hydrogen (secondary N) is 1. The summed E-state index contributed by atoms with van der Waals surface area (Å²) in [5.74, 6) is 0. The molecule has 1 aliphatic rings. The van der Waals surface area contributed by atoms with E-state index in [4.69, 9.17) is 11.6 Å². The molecule has 12 heavy (non-hydrogen) atoms. The Bertz CT molecular complexity index is 299. The van der Waals surface area contributed by atoms with Crippen molar-refractivity contribution < 1.29 is 0 Å². The third kappa shape index (κ3) is 1.49. The van der Waals surface area contributed by atoms with Crippen molar-refractivity contribution in [2.45, 2.75) is 12.5 Å². The fraction of sp³-hybridized carbons (Fsp3) is 0.375. The van der Waals surface area contributed by atoms with Crippen molar-refractivity contribution in [3.05, 3.63) is 27.5 Å². The van der Waals surface area contributed by atoms with Crippen molar-refractivity contribution in [2.75, 3.05) is 6.54 Å². The Labute approximate surface area is 84.5 Å². The zero-order valence-electron chi connectivity index (χ0n) is 6.35. The molecular weight excluding hydrogens is 239 g/mol. The lowest BCUT2D eigenvalue weighted by atomic mass is 10.0. The van der Waals surface area contributed by atoms with E-state index in [1.54, 1.807) is 6.20 Å². The highest BCUT2D eigenvalue weighted by Crippen LogP contribution is 2.29. The normalized spacial score (nSPS) is 22.0. The van der Waals surface area contributed by atoms with Gasteiger partial charge in [0.15, 0.2) is 0 Å². The molecule has 1 saturated heterocycles. The van der Waals surface area contributed by atoms with Gasteiger partial charge in [-0.15, -0.1) is 0 Å². The van der Waals surface area contributed by atoms with Gasteiger partial charge in [-0.05, 0) is 35.0 Å². The van der Waals surface area contributed by atoms with Crippen LogP contribution in [-0.2, 0) is 0 Å². The Balaban J connectivity index is 2.31. The van der Waals surface area contributed by atoms with Gasteiger partial charge in [-0.3, -0.25) is 4.98 Å². The molecule has 0 bridgehead atoms. The monoisotopic (exact) mass is 246 g/mol. The minimum absolute atomic E-state index is 0.414. The summed E-state index contributed by atoms with van der Waals surface area (Å²) < 4.78 is 0.993. The van der Waals surface area contributed by atoms with Crippen LogP contribution < -0.4 is 5.32 Å². The Morgan fingerprint density at radius 3 is 2.92 bits per heavy atom. The van der Waals surface area contributed by atoms with Gasteiger partial charge in [0, 0.05) is 10.7 Å². The van der Waals surface area contributed by atoms with Crippen LogP contribution in [0.1, 0.15) is 18.2 Å². The zero-order chi connectivity index (χ0) is 8.55. The van der Waals surface area contributed by atoms with Crippen LogP contribution in [0.5, 0.6) is 0 Å². The average Bonchev–Trinajstić information content (AvgIpc) is 1.91. The largest absolute Gasteiger partial charge is 0.308 e. The van der Waals surface area contributed by atoms with Crippen LogP contribution in [0.3, 0.4) is 0 Å². The number of hydrogen-bond donors (Lipinski definition) is 1. The number of nitrogens with zero attached hydrogens (tertiary/aromatic N) is 1. The molecule has 2 rings (SSSR count). The Hall–Kier alpha value is -0.120. The molecule has 1 unspecified atom stereocenters. The molecule has 4 heteroatoms. The minimum atomic E-state index is 0.414.